The zero-order valence-electron chi connectivity index (χ0n) is 16.4. The summed E-state index contributed by atoms with van der Waals surface area (Å²) >= 11 is 6.20. The van der Waals surface area contributed by atoms with Crippen molar-refractivity contribution < 1.29 is 14.4 Å². The van der Waals surface area contributed by atoms with E-state index in [1.54, 1.807) is 28.9 Å². The summed E-state index contributed by atoms with van der Waals surface area (Å²) in [5.41, 5.74) is 4.27. The van der Waals surface area contributed by atoms with Gasteiger partial charge in [-0.1, -0.05) is 17.7 Å². The van der Waals surface area contributed by atoms with Crippen LogP contribution in [0.3, 0.4) is 0 Å². The van der Waals surface area contributed by atoms with Gasteiger partial charge in [0.1, 0.15) is 0 Å². The Morgan fingerprint density at radius 3 is 2.69 bits per heavy atom. The third kappa shape index (κ3) is 3.72. The molecule has 2 aromatic carbocycles. The van der Waals surface area contributed by atoms with Crippen LogP contribution in [0.25, 0.3) is 0 Å². The van der Waals surface area contributed by atoms with Crippen LogP contribution >= 0.6 is 11.6 Å². The zero-order valence-corrected chi connectivity index (χ0v) is 17.1. The lowest BCUT2D eigenvalue weighted by molar-refractivity contribution is -0.122. The summed E-state index contributed by atoms with van der Waals surface area (Å²) in [6.45, 7) is 4.46. The second-order valence-electron chi connectivity index (χ2n) is 7.61. The second kappa shape index (κ2) is 7.52. The fraction of sp³-hybridized carbons (Fsp3) is 0.318. The van der Waals surface area contributed by atoms with Crippen LogP contribution in [-0.2, 0) is 20.8 Å². The number of carbonyl (C=O) groups excluding carboxylic acids is 3. The number of hydrogen-bond donors (Lipinski definition) is 1. The van der Waals surface area contributed by atoms with Gasteiger partial charge in [-0.2, -0.15) is 0 Å². The molecule has 0 aromatic heterocycles. The number of anilines is 3. The molecule has 1 atom stereocenters. The standard InChI is InChI=1S/C22H22ClN3O3/c1-13-3-5-19(18(23)9-13)24-22(29)16-11-21(28)26(12-16)17-4-6-20-15(10-17)7-8-25(20)14(2)27/h3-6,9-10,16H,7-8,11-12H2,1-2H3,(H,24,29)/t16-/m0/s1. The van der Waals surface area contributed by atoms with E-state index in [0.717, 1.165) is 28.9 Å². The highest BCUT2D eigenvalue weighted by molar-refractivity contribution is 6.33. The fourth-order valence-corrected chi connectivity index (χ4v) is 4.25. The molecule has 0 bridgehead atoms. The molecular formula is C22H22ClN3O3. The van der Waals surface area contributed by atoms with Gasteiger partial charge in [-0.15, -0.1) is 0 Å². The monoisotopic (exact) mass is 411 g/mol. The molecule has 0 aliphatic carbocycles. The van der Waals surface area contributed by atoms with Gasteiger partial charge in [0.15, 0.2) is 0 Å². The molecular weight excluding hydrogens is 390 g/mol. The molecule has 7 heteroatoms. The minimum absolute atomic E-state index is 0.0141. The van der Waals surface area contributed by atoms with Gasteiger partial charge >= 0.3 is 0 Å². The first-order valence-electron chi connectivity index (χ1n) is 9.62. The van der Waals surface area contributed by atoms with E-state index in [0.29, 0.717) is 23.8 Å². The highest BCUT2D eigenvalue weighted by Crippen LogP contribution is 2.34. The summed E-state index contributed by atoms with van der Waals surface area (Å²) in [7, 11) is 0. The summed E-state index contributed by atoms with van der Waals surface area (Å²) in [6.07, 6.45) is 0.923. The maximum Gasteiger partial charge on any atom is 0.229 e. The lowest BCUT2D eigenvalue weighted by atomic mass is 10.1. The maximum absolute atomic E-state index is 12.7. The molecule has 0 unspecified atom stereocenters. The number of hydrogen-bond acceptors (Lipinski definition) is 3. The van der Waals surface area contributed by atoms with Crippen molar-refractivity contribution in [3.05, 3.63) is 52.5 Å². The van der Waals surface area contributed by atoms with E-state index in [1.807, 2.05) is 31.2 Å². The maximum atomic E-state index is 12.7. The Morgan fingerprint density at radius 2 is 1.97 bits per heavy atom. The first-order valence-corrected chi connectivity index (χ1v) is 9.99. The van der Waals surface area contributed by atoms with Crippen LogP contribution in [0, 0.1) is 12.8 Å². The molecule has 2 aromatic rings. The van der Waals surface area contributed by atoms with Crippen molar-refractivity contribution in [3.8, 4) is 0 Å². The number of benzene rings is 2. The van der Waals surface area contributed by atoms with Crippen molar-refractivity contribution in [3.63, 3.8) is 0 Å². The van der Waals surface area contributed by atoms with E-state index in [9.17, 15) is 14.4 Å². The van der Waals surface area contributed by atoms with Gasteiger partial charge in [-0.05, 0) is 54.8 Å². The average Bonchev–Trinajstić information content (AvgIpc) is 3.27. The summed E-state index contributed by atoms with van der Waals surface area (Å²) in [5, 5.41) is 3.32. The van der Waals surface area contributed by atoms with Crippen LogP contribution in [0.1, 0.15) is 24.5 Å². The molecule has 3 amide bonds. The first-order chi connectivity index (χ1) is 13.8. The van der Waals surface area contributed by atoms with Crippen molar-refractivity contribution in [2.45, 2.75) is 26.7 Å². The number of fused-ring (bicyclic) bond motifs is 1. The van der Waals surface area contributed by atoms with E-state index < -0.39 is 5.92 Å². The lowest BCUT2D eigenvalue weighted by Gasteiger charge is -2.19. The van der Waals surface area contributed by atoms with Crippen LogP contribution in [0.15, 0.2) is 36.4 Å². The number of rotatable bonds is 3. The normalized spacial score (nSPS) is 18.2. The molecule has 2 aliphatic heterocycles. The largest absolute Gasteiger partial charge is 0.324 e. The van der Waals surface area contributed by atoms with Gasteiger partial charge in [-0.25, -0.2) is 0 Å². The van der Waals surface area contributed by atoms with Gasteiger partial charge in [0.05, 0.1) is 16.6 Å². The Bertz CT molecular complexity index is 1020. The topological polar surface area (TPSA) is 69.7 Å². The number of nitrogens with zero attached hydrogens (tertiary/aromatic N) is 2. The Kier molecular flexibility index (Phi) is 5.04. The molecule has 1 saturated heterocycles. The molecule has 4 rings (SSSR count). The molecule has 1 N–H and O–H groups in total. The first kappa shape index (κ1) is 19.5. The van der Waals surface area contributed by atoms with Crippen molar-refractivity contribution in [2.24, 2.45) is 5.92 Å². The number of carbonyl (C=O) groups is 3. The van der Waals surface area contributed by atoms with E-state index in [1.165, 1.54) is 0 Å². The third-order valence-corrected chi connectivity index (χ3v) is 5.84. The Labute approximate surface area is 174 Å². The number of nitrogens with one attached hydrogen (secondary N) is 1. The van der Waals surface area contributed by atoms with Crippen molar-refractivity contribution in [1.82, 2.24) is 0 Å². The smallest absolute Gasteiger partial charge is 0.229 e. The molecule has 2 heterocycles. The van der Waals surface area contributed by atoms with E-state index in [2.05, 4.69) is 5.32 Å². The summed E-state index contributed by atoms with van der Waals surface area (Å²) in [6, 6.07) is 11.1. The predicted molar refractivity (Wildman–Crippen MR) is 113 cm³/mol. The van der Waals surface area contributed by atoms with Gasteiger partial charge in [0.2, 0.25) is 17.7 Å². The van der Waals surface area contributed by atoms with E-state index in [-0.39, 0.29) is 24.1 Å². The van der Waals surface area contributed by atoms with Gasteiger partial charge in [-0.3, -0.25) is 14.4 Å². The second-order valence-corrected chi connectivity index (χ2v) is 8.02. The summed E-state index contributed by atoms with van der Waals surface area (Å²) < 4.78 is 0. The van der Waals surface area contributed by atoms with Crippen molar-refractivity contribution in [2.75, 3.05) is 28.2 Å². The Hall–Kier alpha value is -2.86. The van der Waals surface area contributed by atoms with Gasteiger partial charge in [0.25, 0.3) is 0 Å². The number of aryl methyl sites for hydroxylation is 1. The van der Waals surface area contributed by atoms with Crippen LogP contribution in [-0.4, -0.2) is 30.8 Å². The van der Waals surface area contributed by atoms with E-state index in [4.69, 9.17) is 11.6 Å². The van der Waals surface area contributed by atoms with Crippen molar-refractivity contribution in [1.29, 1.82) is 0 Å². The third-order valence-electron chi connectivity index (χ3n) is 5.53. The molecule has 0 saturated carbocycles. The van der Waals surface area contributed by atoms with Crippen LogP contribution in [0.4, 0.5) is 17.1 Å². The lowest BCUT2D eigenvalue weighted by Crippen LogP contribution is -2.28. The molecule has 0 spiro atoms. The molecule has 2 aliphatic rings. The minimum Gasteiger partial charge on any atom is -0.324 e. The molecule has 29 heavy (non-hydrogen) atoms. The zero-order chi connectivity index (χ0) is 20.7. The molecule has 150 valence electrons. The summed E-state index contributed by atoms with van der Waals surface area (Å²) in [4.78, 5) is 40.4. The molecule has 1 fully saturated rings. The molecule has 0 radical (unpaired) electrons. The van der Waals surface area contributed by atoms with Gasteiger partial charge in [0, 0.05) is 37.8 Å². The number of halogens is 1. The average molecular weight is 412 g/mol. The van der Waals surface area contributed by atoms with E-state index >= 15 is 0 Å². The van der Waals surface area contributed by atoms with Crippen LogP contribution < -0.4 is 15.1 Å². The Morgan fingerprint density at radius 1 is 1.17 bits per heavy atom. The Balaban J connectivity index is 1.48. The van der Waals surface area contributed by atoms with Crippen LogP contribution in [0.5, 0.6) is 0 Å². The fourth-order valence-electron chi connectivity index (χ4n) is 3.97. The quantitative estimate of drug-likeness (QED) is 0.839. The SMILES string of the molecule is CC(=O)N1CCc2cc(N3C[C@@H](C(=O)Nc4ccc(C)cc4Cl)CC3=O)ccc21. The van der Waals surface area contributed by atoms with Gasteiger partial charge < -0.3 is 15.1 Å². The molecule has 6 nitrogen and oxygen atoms in total. The van der Waals surface area contributed by atoms with Crippen molar-refractivity contribution >= 4 is 46.4 Å². The highest BCUT2D eigenvalue weighted by Gasteiger charge is 2.36. The number of amides is 3. The predicted octanol–water partition coefficient (Wildman–Crippen LogP) is 3.55. The minimum atomic E-state index is -0.443. The highest BCUT2D eigenvalue weighted by atomic mass is 35.5. The summed E-state index contributed by atoms with van der Waals surface area (Å²) in [5.74, 6) is -0.723. The van der Waals surface area contributed by atoms with Crippen LogP contribution in [0.2, 0.25) is 5.02 Å².